The summed E-state index contributed by atoms with van der Waals surface area (Å²) in [4.78, 5) is 41.7. The van der Waals surface area contributed by atoms with Gasteiger partial charge in [0, 0.05) is 6.61 Å². The number of hydrogen-bond acceptors (Lipinski definition) is 6. The normalized spacial score (nSPS) is 20.1. The van der Waals surface area contributed by atoms with Crippen molar-refractivity contribution in [2.75, 3.05) is 13.2 Å². The largest absolute Gasteiger partial charge is 0.453 e. The third-order valence-corrected chi connectivity index (χ3v) is 17.2. The topological polar surface area (TPSA) is 127 Å². The molecular formula is C26H47N3O6Si2. The number of nitrogens with one attached hydrogen (secondary N) is 1. The number of rotatable bonds is 13. The van der Waals surface area contributed by atoms with E-state index in [9.17, 15) is 19.9 Å². The number of ketones is 1. The number of Topliss-reactive ketones (excluding diaryl/α,β-unsaturated/α-hetero) is 1. The van der Waals surface area contributed by atoms with Gasteiger partial charge in [0.15, 0.2) is 16.6 Å². The van der Waals surface area contributed by atoms with Gasteiger partial charge in [-0.05, 0) is 49.6 Å². The summed E-state index contributed by atoms with van der Waals surface area (Å²) < 4.78 is 17.7. The van der Waals surface area contributed by atoms with Gasteiger partial charge in [-0.25, -0.2) is 4.79 Å². The Hall–Kier alpha value is -1.92. The van der Waals surface area contributed by atoms with Crippen LogP contribution in [-0.4, -0.2) is 70.2 Å². The molecule has 1 aliphatic heterocycles. The molecule has 0 radical (unpaired) electrons. The summed E-state index contributed by atoms with van der Waals surface area (Å²) >= 11 is 0. The second kappa shape index (κ2) is 12.3. The molecular weight excluding hydrogens is 506 g/mol. The van der Waals surface area contributed by atoms with E-state index in [1.807, 2.05) is 6.92 Å². The Kier molecular flexibility index (Phi) is 11.0. The molecule has 0 bridgehead atoms. The summed E-state index contributed by atoms with van der Waals surface area (Å²) in [5.74, 6) is -3.42. The van der Waals surface area contributed by atoms with Crippen molar-refractivity contribution >= 4 is 40.0 Å². The van der Waals surface area contributed by atoms with Crippen molar-refractivity contribution in [2.45, 2.75) is 103 Å². The van der Waals surface area contributed by atoms with Gasteiger partial charge in [-0.15, -0.1) is 0 Å². The molecule has 1 aliphatic rings. The Balaban J connectivity index is 3.28. The molecule has 1 rings (SSSR count). The fraction of sp³-hybridized carbons (Fsp3) is 0.769. The predicted octanol–water partition coefficient (Wildman–Crippen LogP) is 4.51. The number of carbonyl (C=O) groups is 3. The van der Waals surface area contributed by atoms with Crippen LogP contribution >= 0.6 is 0 Å². The lowest BCUT2D eigenvalue weighted by Crippen LogP contribution is -2.68. The fourth-order valence-corrected chi connectivity index (χ4v) is 6.18. The average Bonchev–Trinajstić information content (AvgIpc) is 2.72. The van der Waals surface area contributed by atoms with E-state index in [0.29, 0.717) is 0 Å². The van der Waals surface area contributed by atoms with Gasteiger partial charge in [0.2, 0.25) is 5.91 Å². The van der Waals surface area contributed by atoms with Crippen LogP contribution in [0.25, 0.3) is 5.53 Å². The van der Waals surface area contributed by atoms with E-state index in [-0.39, 0.29) is 35.6 Å². The number of hydrogen-bond donors (Lipinski definition) is 1. The van der Waals surface area contributed by atoms with Crippen LogP contribution in [0.5, 0.6) is 0 Å². The monoisotopic (exact) mass is 553 g/mol. The van der Waals surface area contributed by atoms with Crippen molar-refractivity contribution in [3.63, 3.8) is 0 Å². The molecule has 9 nitrogen and oxygen atoms in total. The van der Waals surface area contributed by atoms with Crippen molar-refractivity contribution in [3.05, 3.63) is 18.2 Å². The number of β-lactam (4-membered cyclic amide) rings is 1. The van der Waals surface area contributed by atoms with Crippen molar-refractivity contribution in [3.8, 4) is 0 Å². The lowest BCUT2D eigenvalue weighted by molar-refractivity contribution is -0.146. The minimum Gasteiger partial charge on any atom is -0.453 e. The molecule has 1 amide bonds. The highest BCUT2D eigenvalue weighted by Gasteiger charge is 2.54. The lowest BCUT2D eigenvalue weighted by atomic mass is 9.74. The van der Waals surface area contributed by atoms with Gasteiger partial charge in [-0.1, -0.05) is 54.2 Å². The number of ether oxygens (including phenoxy) is 1. The van der Waals surface area contributed by atoms with E-state index >= 15 is 0 Å². The van der Waals surface area contributed by atoms with Crippen LogP contribution in [0.1, 0.15) is 54.9 Å². The van der Waals surface area contributed by atoms with Gasteiger partial charge >= 0.3 is 11.7 Å². The molecule has 210 valence electrons. The van der Waals surface area contributed by atoms with Crippen molar-refractivity contribution in [1.29, 1.82) is 0 Å². The molecule has 1 N–H and O–H groups in total. The number of esters is 1. The summed E-state index contributed by atoms with van der Waals surface area (Å²) in [6.07, 6.45) is 1.13. The summed E-state index contributed by atoms with van der Waals surface area (Å²) in [5, 5.41) is 2.75. The third-order valence-electron chi connectivity index (χ3n) is 8.12. The van der Waals surface area contributed by atoms with Gasteiger partial charge in [-0.3, -0.25) is 9.59 Å². The van der Waals surface area contributed by atoms with Gasteiger partial charge in [-0.2, -0.15) is 4.79 Å². The van der Waals surface area contributed by atoms with Crippen LogP contribution in [0.4, 0.5) is 0 Å². The zero-order chi connectivity index (χ0) is 29.0. The standard InChI is InChI=1S/C26H47N3O6Si2/c1-13-15-33-24(32)21(29-27)22(30)18(14-16-34-36(9,10)25(3,4)5)20-19(23(31)28-20)17(2)35-37(11,12)26(6,7)8/h13,17-20H,1,14-16H2,2-12H3,(H,28,31)/t17-,18-,19-,20-/m1/s1. The van der Waals surface area contributed by atoms with Crippen LogP contribution in [-0.2, 0) is 28.0 Å². The fourth-order valence-electron chi connectivity index (χ4n) is 3.69. The van der Waals surface area contributed by atoms with E-state index in [4.69, 9.17) is 13.6 Å². The van der Waals surface area contributed by atoms with Crippen LogP contribution in [0, 0.1) is 11.8 Å². The Morgan fingerprint density at radius 2 is 1.65 bits per heavy atom. The lowest BCUT2D eigenvalue weighted by Gasteiger charge is -2.47. The highest BCUT2D eigenvalue weighted by Crippen LogP contribution is 2.40. The second-order valence-electron chi connectivity index (χ2n) is 12.8. The first-order valence-electron chi connectivity index (χ1n) is 12.9. The minimum atomic E-state index is -2.20. The van der Waals surface area contributed by atoms with Crippen LogP contribution in [0.3, 0.4) is 0 Å². The summed E-state index contributed by atoms with van der Waals surface area (Å²) in [7, 11) is -4.31. The molecule has 1 heterocycles. The number of amides is 1. The van der Waals surface area contributed by atoms with Crippen molar-refractivity contribution in [2.24, 2.45) is 11.8 Å². The summed E-state index contributed by atoms with van der Waals surface area (Å²) in [5.41, 5.74) is 8.82. The Labute approximate surface area is 224 Å². The van der Waals surface area contributed by atoms with E-state index < -0.39 is 58.1 Å². The predicted molar refractivity (Wildman–Crippen MR) is 149 cm³/mol. The van der Waals surface area contributed by atoms with Crippen LogP contribution < -0.4 is 5.32 Å². The van der Waals surface area contributed by atoms with E-state index in [2.05, 4.69) is 84.4 Å². The highest BCUT2D eigenvalue weighted by molar-refractivity contribution is 6.74. The maximum atomic E-state index is 13.5. The molecule has 0 unspecified atom stereocenters. The Morgan fingerprint density at radius 1 is 1.11 bits per heavy atom. The second-order valence-corrected chi connectivity index (χ2v) is 22.4. The van der Waals surface area contributed by atoms with E-state index in [1.54, 1.807) is 0 Å². The first-order chi connectivity index (χ1) is 16.7. The highest BCUT2D eigenvalue weighted by atomic mass is 28.4. The first-order valence-corrected chi connectivity index (χ1v) is 18.7. The maximum Gasteiger partial charge on any atom is 0.441 e. The van der Waals surface area contributed by atoms with Gasteiger partial charge in [0.05, 0.1) is 24.0 Å². The van der Waals surface area contributed by atoms with Crippen molar-refractivity contribution < 1.29 is 32.8 Å². The molecule has 4 atom stereocenters. The zero-order valence-corrected chi connectivity index (χ0v) is 26.6. The maximum absolute atomic E-state index is 13.5. The SMILES string of the molecule is C=CCOC(=O)C(=[N+]=[N-])C(=O)[C@H](CCO[Si](C)(C)C(C)(C)C)[C@H]1NC(=O)[C@@H]1[C@@H](C)O[Si](C)(C)C(C)(C)C. The molecule has 0 spiro atoms. The molecule has 11 heteroatoms. The summed E-state index contributed by atoms with van der Waals surface area (Å²) in [6, 6.07) is -0.605. The van der Waals surface area contributed by atoms with Crippen LogP contribution in [0.2, 0.25) is 36.3 Å². The van der Waals surface area contributed by atoms with E-state index in [1.165, 1.54) is 6.08 Å². The van der Waals surface area contributed by atoms with Crippen molar-refractivity contribution in [1.82, 2.24) is 5.32 Å². The molecule has 0 aromatic heterocycles. The van der Waals surface area contributed by atoms with Gasteiger partial charge in [0.1, 0.15) is 6.61 Å². The first kappa shape index (κ1) is 33.1. The molecule has 0 saturated carbocycles. The summed E-state index contributed by atoms with van der Waals surface area (Å²) in [6.45, 7) is 26.6. The number of carbonyl (C=O) groups excluding carboxylic acids is 3. The Bertz CT molecular complexity index is 930. The molecule has 0 aliphatic carbocycles. The van der Waals surface area contributed by atoms with E-state index in [0.717, 1.165) is 0 Å². The smallest absolute Gasteiger partial charge is 0.441 e. The van der Waals surface area contributed by atoms with Gasteiger partial charge in [0.25, 0.3) is 5.78 Å². The average molecular weight is 554 g/mol. The Morgan fingerprint density at radius 3 is 2.08 bits per heavy atom. The third kappa shape index (κ3) is 8.03. The molecule has 1 fully saturated rings. The minimum absolute atomic E-state index is 0.0303. The van der Waals surface area contributed by atoms with Crippen LogP contribution in [0.15, 0.2) is 12.7 Å². The van der Waals surface area contributed by atoms with Gasteiger partial charge < -0.3 is 24.4 Å². The molecule has 0 aromatic rings. The molecule has 1 saturated heterocycles. The number of nitrogens with zero attached hydrogens (tertiary/aromatic N) is 2. The molecule has 0 aromatic carbocycles. The molecule has 37 heavy (non-hydrogen) atoms. The quantitative estimate of drug-likeness (QED) is 0.0522. The zero-order valence-electron chi connectivity index (χ0n) is 24.6.